The smallest absolute Gasteiger partial charge is 0.157 e. The number of anilines is 1. The second-order valence-electron chi connectivity index (χ2n) is 5.95. The molecule has 0 bridgehead atoms. The van der Waals surface area contributed by atoms with Crippen LogP contribution in [0.1, 0.15) is 16.8 Å². The molecule has 0 amide bonds. The molecule has 24 heavy (non-hydrogen) atoms. The van der Waals surface area contributed by atoms with Gasteiger partial charge in [-0.2, -0.15) is 10.2 Å². The highest BCUT2D eigenvalue weighted by atomic mass is 15.4. The summed E-state index contributed by atoms with van der Waals surface area (Å²) in [7, 11) is 6.05. The summed E-state index contributed by atoms with van der Waals surface area (Å²) in [6, 6.07) is 5.92. The van der Waals surface area contributed by atoms with E-state index in [0.29, 0.717) is 6.54 Å². The molecule has 0 unspecified atom stereocenters. The number of aromatic nitrogens is 5. The topological polar surface area (TPSA) is 63.8 Å². The summed E-state index contributed by atoms with van der Waals surface area (Å²) < 4.78 is 3.71. The second-order valence-corrected chi connectivity index (χ2v) is 5.95. The van der Waals surface area contributed by atoms with Crippen molar-refractivity contribution in [2.24, 2.45) is 7.05 Å². The Morgan fingerprint density at radius 2 is 2.00 bits per heavy atom. The number of hydrogen-bond donors (Lipinski definition) is 1. The fourth-order valence-corrected chi connectivity index (χ4v) is 2.95. The lowest BCUT2D eigenvalue weighted by atomic mass is 10.2. The first-order valence-electron chi connectivity index (χ1n) is 7.92. The van der Waals surface area contributed by atoms with E-state index < -0.39 is 0 Å². The molecule has 126 valence electrons. The van der Waals surface area contributed by atoms with Crippen LogP contribution in [0.2, 0.25) is 0 Å². The van der Waals surface area contributed by atoms with Crippen molar-refractivity contribution in [2.45, 2.75) is 20.0 Å². The number of nitrogens with zero attached hydrogens (tertiary/aromatic N) is 6. The van der Waals surface area contributed by atoms with E-state index in [1.807, 2.05) is 51.1 Å². The van der Waals surface area contributed by atoms with Crippen molar-refractivity contribution in [3.8, 4) is 5.82 Å². The number of hydrogen-bond acceptors (Lipinski definition) is 5. The predicted octanol–water partition coefficient (Wildman–Crippen LogP) is 1.67. The van der Waals surface area contributed by atoms with E-state index in [9.17, 15) is 0 Å². The van der Waals surface area contributed by atoms with E-state index in [2.05, 4.69) is 31.5 Å². The highest BCUT2D eigenvalue weighted by molar-refractivity contribution is 5.48. The van der Waals surface area contributed by atoms with Gasteiger partial charge in [-0.3, -0.25) is 4.68 Å². The summed E-state index contributed by atoms with van der Waals surface area (Å²) in [5.74, 6) is 1.98. The summed E-state index contributed by atoms with van der Waals surface area (Å²) in [5, 5.41) is 12.3. The lowest BCUT2D eigenvalue weighted by Gasteiger charge is -2.16. The van der Waals surface area contributed by atoms with E-state index in [-0.39, 0.29) is 0 Å². The molecule has 3 heterocycles. The van der Waals surface area contributed by atoms with Gasteiger partial charge in [0.2, 0.25) is 0 Å². The van der Waals surface area contributed by atoms with Crippen LogP contribution in [-0.4, -0.2) is 38.6 Å². The van der Waals surface area contributed by atoms with E-state index >= 15 is 0 Å². The van der Waals surface area contributed by atoms with Crippen molar-refractivity contribution in [3.63, 3.8) is 0 Å². The van der Waals surface area contributed by atoms with E-state index in [1.165, 1.54) is 5.56 Å². The maximum absolute atomic E-state index is 4.52. The Kier molecular flexibility index (Phi) is 4.61. The fourth-order valence-electron chi connectivity index (χ4n) is 2.95. The van der Waals surface area contributed by atoms with Crippen molar-refractivity contribution < 1.29 is 0 Å². The fraction of sp³-hybridized carbons (Fsp3) is 0.353. The molecule has 0 atom stereocenters. The average Bonchev–Trinajstić information content (AvgIpc) is 3.16. The molecule has 7 heteroatoms. The standard InChI is InChI=1S/C17H23N7/c1-13-15(17(22(2)3)23(4)21-13)12-18-11-14-7-5-8-19-16(14)24-10-6-9-20-24/h5-10,18H,11-12H2,1-4H3. The highest BCUT2D eigenvalue weighted by Crippen LogP contribution is 2.21. The quantitative estimate of drug-likeness (QED) is 0.747. The second kappa shape index (κ2) is 6.84. The van der Waals surface area contributed by atoms with Gasteiger partial charge in [-0.05, 0) is 19.1 Å². The first kappa shape index (κ1) is 16.2. The van der Waals surface area contributed by atoms with E-state index in [1.54, 1.807) is 17.1 Å². The van der Waals surface area contributed by atoms with Crippen molar-refractivity contribution in [3.05, 3.63) is 53.6 Å². The highest BCUT2D eigenvalue weighted by Gasteiger charge is 2.14. The van der Waals surface area contributed by atoms with Crippen LogP contribution in [0, 0.1) is 6.92 Å². The van der Waals surface area contributed by atoms with Crippen molar-refractivity contribution in [2.75, 3.05) is 19.0 Å². The van der Waals surface area contributed by atoms with E-state index in [0.717, 1.165) is 29.4 Å². The lowest BCUT2D eigenvalue weighted by molar-refractivity contribution is 0.677. The van der Waals surface area contributed by atoms with Gasteiger partial charge in [-0.25, -0.2) is 9.67 Å². The van der Waals surface area contributed by atoms with Crippen LogP contribution >= 0.6 is 0 Å². The molecule has 3 aromatic rings. The van der Waals surface area contributed by atoms with Gasteiger partial charge < -0.3 is 10.2 Å². The summed E-state index contributed by atoms with van der Waals surface area (Å²) in [4.78, 5) is 6.54. The lowest BCUT2D eigenvalue weighted by Crippen LogP contribution is -2.19. The molecular formula is C17H23N7. The molecule has 0 radical (unpaired) electrons. The van der Waals surface area contributed by atoms with Crippen molar-refractivity contribution in [1.29, 1.82) is 0 Å². The third-order valence-electron chi connectivity index (χ3n) is 3.94. The Bertz CT molecular complexity index is 802. The predicted molar refractivity (Wildman–Crippen MR) is 94.2 cm³/mol. The minimum Gasteiger partial charge on any atom is -0.363 e. The van der Waals surface area contributed by atoms with Gasteiger partial charge in [-0.15, -0.1) is 0 Å². The molecule has 0 aliphatic carbocycles. The van der Waals surface area contributed by atoms with E-state index in [4.69, 9.17) is 0 Å². The SMILES string of the molecule is Cc1nn(C)c(N(C)C)c1CNCc1cccnc1-n1cccn1. The van der Waals surface area contributed by atoms with Crippen LogP contribution in [0.15, 0.2) is 36.8 Å². The Balaban J connectivity index is 1.75. The molecule has 0 aliphatic heterocycles. The molecule has 0 fully saturated rings. The Labute approximate surface area is 141 Å². The Morgan fingerprint density at radius 1 is 1.17 bits per heavy atom. The zero-order valence-electron chi connectivity index (χ0n) is 14.6. The number of pyridine rings is 1. The van der Waals surface area contributed by atoms with Gasteiger partial charge in [0.05, 0.1) is 5.69 Å². The summed E-state index contributed by atoms with van der Waals surface area (Å²) in [6.45, 7) is 3.51. The summed E-state index contributed by atoms with van der Waals surface area (Å²) >= 11 is 0. The molecule has 1 N–H and O–H groups in total. The summed E-state index contributed by atoms with van der Waals surface area (Å²) in [5.41, 5.74) is 3.37. The van der Waals surface area contributed by atoms with Crippen LogP contribution in [-0.2, 0) is 20.1 Å². The maximum atomic E-state index is 4.52. The van der Waals surface area contributed by atoms with Crippen LogP contribution in [0.25, 0.3) is 5.82 Å². The van der Waals surface area contributed by atoms with Gasteiger partial charge in [0, 0.05) is 63.9 Å². The van der Waals surface area contributed by atoms with Crippen molar-refractivity contribution >= 4 is 5.82 Å². The number of aryl methyl sites for hydroxylation is 2. The molecule has 0 saturated heterocycles. The molecule has 0 spiro atoms. The third-order valence-corrected chi connectivity index (χ3v) is 3.94. The van der Waals surface area contributed by atoms with Crippen LogP contribution in [0.4, 0.5) is 5.82 Å². The van der Waals surface area contributed by atoms with Gasteiger partial charge >= 0.3 is 0 Å². The monoisotopic (exact) mass is 325 g/mol. The minimum atomic E-state index is 0.713. The molecule has 0 aromatic carbocycles. The zero-order chi connectivity index (χ0) is 17.1. The molecule has 0 aliphatic rings. The Hall–Kier alpha value is -2.67. The first-order chi connectivity index (χ1) is 11.6. The van der Waals surface area contributed by atoms with Gasteiger partial charge in [0.1, 0.15) is 5.82 Å². The average molecular weight is 325 g/mol. The van der Waals surface area contributed by atoms with Crippen LogP contribution < -0.4 is 10.2 Å². The molecular weight excluding hydrogens is 302 g/mol. The summed E-state index contributed by atoms with van der Waals surface area (Å²) in [6.07, 6.45) is 5.45. The maximum Gasteiger partial charge on any atom is 0.157 e. The minimum absolute atomic E-state index is 0.713. The van der Waals surface area contributed by atoms with Crippen LogP contribution in [0.3, 0.4) is 0 Å². The third kappa shape index (κ3) is 3.16. The van der Waals surface area contributed by atoms with Gasteiger partial charge in [0.25, 0.3) is 0 Å². The number of rotatable bonds is 6. The molecule has 0 saturated carbocycles. The van der Waals surface area contributed by atoms with Crippen molar-refractivity contribution in [1.82, 2.24) is 29.9 Å². The van der Waals surface area contributed by atoms with Gasteiger partial charge in [0.15, 0.2) is 5.82 Å². The largest absolute Gasteiger partial charge is 0.363 e. The molecule has 3 aromatic heterocycles. The van der Waals surface area contributed by atoms with Crippen LogP contribution in [0.5, 0.6) is 0 Å². The molecule has 7 nitrogen and oxygen atoms in total. The Morgan fingerprint density at radius 3 is 2.71 bits per heavy atom. The normalized spacial score (nSPS) is 11.0. The van der Waals surface area contributed by atoms with Gasteiger partial charge in [-0.1, -0.05) is 6.07 Å². The number of nitrogens with one attached hydrogen (secondary N) is 1. The zero-order valence-corrected chi connectivity index (χ0v) is 14.6. The molecule has 3 rings (SSSR count). The first-order valence-corrected chi connectivity index (χ1v) is 7.92.